The van der Waals surface area contributed by atoms with Crippen molar-refractivity contribution in [2.75, 3.05) is 6.61 Å². The van der Waals surface area contributed by atoms with E-state index in [1.165, 1.54) is 5.56 Å². The zero-order chi connectivity index (χ0) is 14.1. The Bertz CT molecular complexity index is 646. The smallest absolute Gasteiger partial charge is 0.122 e. The fourth-order valence-electron chi connectivity index (χ4n) is 2.49. The van der Waals surface area contributed by atoms with Gasteiger partial charge >= 0.3 is 0 Å². The van der Waals surface area contributed by atoms with Gasteiger partial charge in [0.15, 0.2) is 0 Å². The van der Waals surface area contributed by atoms with Gasteiger partial charge in [0.25, 0.3) is 0 Å². The Morgan fingerprint density at radius 3 is 2.75 bits per heavy atom. The maximum atomic E-state index is 5.78. The summed E-state index contributed by atoms with van der Waals surface area (Å²) in [6.45, 7) is 0.765. The van der Waals surface area contributed by atoms with Crippen molar-refractivity contribution in [3.8, 4) is 5.75 Å². The highest BCUT2D eigenvalue weighted by Crippen LogP contribution is 2.33. The molecule has 1 aliphatic rings. The van der Waals surface area contributed by atoms with Gasteiger partial charge in [-0.15, -0.1) is 0 Å². The third kappa shape index (κ3) is 2.63. The molecule has 0 saturated carbocycles. The van der Waals surface area contributed by atoms with Gasteiger partial charge in [0, 0.05) is 15.4 Å². The second kappa shape index (κ2) is 5.85. The lowest BCUT2D eigenvalue weighted by Gasteiger charge is -2.19. The minimum absolute atomic E-state index is 0.0524. The van der Waals surface area contributed by atoms with Crippen LogP contribution in [-0.2, 0) is 6.42 Å². The molecule has 1 aliphatic heterocycles. The summed E-state index contributed by atoms with van der Waals surface area (Å²) in [5.41, 5.74) is 6.39. The van der Waals surface area contributed by atoms with E-state index < -0.39 is 0 Å². The summed E-state index contributed by atoms with van der Waals surface area (Å²) < 4.78 is 7.60. The summed E-state index contributed by atoms with van der Waals surface area (Å²) in [6, 6.07) is 12.3. The fourth-order valence-corrected chi connectivity index (χ4v) is 3.76. The highest BCUT2D eigenvalue weighted by atomic mass is 79.9. The van der Waals surface area contributed by atoms with Gasteiger partial charge in [0.05, 0.1) is 12.6 Å². The molecule has 1 unspecified atom stereocenters. The molecule has 3 N–H and O–H groups in total. The molecule has 0 spiro atoms. The minimum atomic E-state index is -0.0524. The molecule has 3 rings (SSSR count). The predicted molar refractivity (Wildman–Crippen MR) is 86.6 cm³/mol. The van der Waals surface area contributed by atoms with Crippen LogP contribution < -0.4 is 16.0 Å². The second-order valence-electron chi connectivity index (χ2n) is 4.73. The third-order valence-corrected chi connectivity index (χ3v) is 4.67. The van der Waals surface area contributed by atoms with Crippen LogP contribution in [-0.4, -0.2) is 6.61 Å². The van der Waals surface area contributed by atoms with E-state index in [9.17, 15) is 0 Å². The monoisotopic (exact) mass is 396 g/mol. The van der Waals surface area contributed by atoms with Crippen molar-refractivity contribution >= 4 is 31.9 Å². The molecule has 1 atom stereocenters. The SMILES string of the molecule is NNC(c1ccc2c(c1)CCO2)c1ccc(Br)cc1Br. The maximum Gasteiger partial charge on any atom is 0.122 e. The molecular formula is C15H14Br2N2O. The molecule has 0 aliphatic carbocycles. The molecule has 2 aromatic rings. The highest BCUT2D eigenvalue weighted by molar-refractivity contribution is 9.11. The number of nitrogens with two attached hydrogens (primary N) is 1. The largest absolute Gasteiger partial charge is 0.493 e. The van der Waals surface area contributed by atoms with Crippen LogP contribution in [0, 0.1) is 0 Å². The summed E-state index contributed by atoms with van der Waals surface area (Å²) in [5.74, 6) is 6.76. The number of hydrogen-bond donors (Lipinski definition) is 2. The van der Waals surface area contributed by atoms with E-state index in [-0.39, 0.29) is 6.04 Å². The first-order valence-electron chi connectivity index (χ1n) is 6.36. The van der Waals surface area contributed by atoms with Crippen LogP contribution >= 0.6 is 31.9 Å². The van der Waals surface area contributed by atoms with Gasteiger partial charge in [-0.1, -0.05) is 50.1 Å². The number of halogens is 2. The topological polar surface area (TPSA) is 47.3 Å². The molecule has 20 heavy (non-hydrogen) atoms. The number of rotatable bonds is 3. The second-order valence-corrected chi connectivity index (χ2v) is 6.50. The Kier molecular flexibility index (Phi) is 4.12. The number of nitrogens with one attached hydrogen (secondary N) is 1. The zero-order valence-electron chi connectivity index (χ0n) is 10.7. The Hall–Kier alpha value is -0.880. The fraction of sp³-hybridized carbons (Fsp3) is 0.200. The maximum absolute atomic E-state index is 5.78. The highest BCUT2D eigenvalue weighted by Gasteiger charge is 2.19. The molecule has 3 nitrogen and oxygen atoms in total. The Balaban J connectivity index is 2.01. The lowest BCUT2D eigenvalue weighted by atomic mass is 9.97. The van der Waals surface area contributed by atoms with Crippen molar-refractivity contribution < 1.29 is 4.74 Å². The number of ether oxygens (including phenoxy) is 1. The number of hydrazine groups is 1. The molecular weight excluding hydrogens is 384 g/mol. The van der Waals surface area contributed by atoms with Crippen LogP contribution in [0.3, 0.4) is 0 Å². The number of hydrogen-bond acceptors (Lipinski definition) is 3. The van der Waals surface area contributed by atoms with Gasteiger partial charge in [-0.05, 0) is 34.9 Å². The Labute approximate surface area is 134 Å². The van der Waals surface area contributed by atoms with Crippen LogP contribution in [0.2, 0.25) is 0 Å². The van der Waals surface area contributed by atoms with Gasteiger partial charge < -0.3 is 4.74 Å². The van der Waals surface area contributed by atoms with Crippen LogP contribution in [0.1, 0.15) is 22.7 Å². The van der Waals surface area contributed by atoms with Crippen molar-refractivity contribution in [3.05, 3.63) is 62.0 Å². The molecule has 0 fully saturated rings. The van der Waals surface area contributed by atoms with Crippen LogP contribution in [0.4, 0.5) is 0 Å². The summed E-state index contributed by atoms with van der Waals surface area (Å²) in [7, 11) is 0. The lowest BCUT2D eigenvalue weighted by Crippen LogP contribution is -2.29. The van der Waals surface area contributed by atoms with E-state index in [0.717, 1.165) is 38.8 Å². The summed E-state index contributed by atoms with van der Waals surface area (Å²) in [6.07, 6.45) is 0.960. The van der Waals surface area contributed by atoms with Crippen LogP contribution in [0.15, 0.2) is 45.3 Å². The molecule has 0 aromatic heterocycles. The van der Waals surface area contributed by atoms with E-state index in [1.807, 2.05) is 18.2 Å². The lowest BCUT2D eigenvalue weighted by molar-refractivity contribution is 0.357. The summed E-state index contributed by atoms with van der Waals surface area (Å²) in [5, 5.41) is 0. The van der Waals surface area contributed by atoms with Gasteiger partial charge in [0.2, 0.25) is 0 Å². The third-order valence-electron chi connectivity index (χ3n) is 3.49. The molecule has 0 amide bonds. The quantitative estimate of drug-likeness (QED) is 0.613. The van der Waals surface area contributed by atoms with Gasteiger partial charge in [0.1, 0.15) is 5.75 Å². The molecule has 0 saturated heterocycles. The van der Waals surface area contributed by atoms with Crippen LogP contribution in [0.5, 0.6) is 5.75 Å². The molecule has 2 aromatic carbocycles. The van der Waals surface area contributed by atoms with Crippen molar-refractivity contribution in [3.63, 3.8) is 0 Å². The van der Waals surface area contributed by atoms with E-state index in [0.29, 0.717) is 0 Å². The first-order valence-corrected chi connectivity index (χ1v) is 7.94. The van der Waals surface area contributed by atoms with Crippen molar-refractivity contribution in [1.29, 1.82) is 0 Å². The van der Waals surface area contributed by atoms with Gasteiger partial charge in [-0.2, -0.15) is 0 Å². The van der Waals surface area contributed by atoms with Gasteiger partial charge in [-0.25, -0.2) is 5.43 Å². The molecule has 0 bridgehead atoms. The minimum Gasteiger partial charge on any atom is -0.493 e. The van der Waals surface area contributed by atoms with E-state index in [4.69, 9.17) is 10.6 Å². The van der Waals surface area contributed by atoms with Crippen LogP contribution in [0.25, 0.3) is 0 Å². The Morgan fingerprint density at radius 2 is 2.00 bits per heavy atom. The average Bonchev–Trinajstić information content (AvgIpc) is 2.89. The normalized spacial score (nSPS) is 14.8. The first kappa shape index (κ1) is 14.1. The number of fused-ring (bicyclic) bond motifs is 1. The Morgan fingerprint density at radius 1 is 1.15 bits per heavy atom. The number of benzene rings is 2. The van der Waals surface area contributed by atoms with Crippen molar-refractivity contribution in [1.82, 2.24) is 5.43 Å². The molecule has 1 heterocycles. The zero-order valence-corrected chi connectivity index (χ0v) is 13.9. The van der Waals surface area contributed by atoms with E-state index >= 15 is 0 Å². The van der Waals surface area contributed by atoms with Gasteiger partial charge in [-0.3, -0.25) is 5.84 Å². The molecule has 104 valence electrons. The summed E-state index contributed by atoms with van der Waals surface area (Å²) in [4.78, 5) is 0. The van der Waals surface area contributed by atoms with Crippen molar-refractivity contribution in [2.45, 2.75) is 12.5 Å². The molecule has 0 radical (unpaired) electrons. The summed E-state index contributed by atoms with van der Waals surface area (Å²) >= 11 is 7.06. The molecule has 5 heteroatoms. The standard InChI is InChI=1S/C15H14Br2N2O/c16-11-2-3-12(13(17)8-11)15(19-18)10-1-4-14-9(7-10)5-6-20-14/h1-4,7-8,15,19H,5-6,18H2. The van der Waals surface area contributed by atoms with Crippen molar-refractivity contribution in [2.24, 2.45) is 5.84 Å². The average molecular weight is 398 g/mol. The van der Waals surface area contributed by atoms with E-state index in [2.05, 4.69) is 55.5 Å². The predicted octanol–water partition coefficient (Wildman–Crippen LogP) is 3.70. The van der Waals surface area contributed by atoms with E-state index in [1.54, 1.807) is 0 Å². The first-order chi connectivity index (χ1) is 9.69.